The Kier molecular flexibility index (Phi) is 7.05. The number of rotatable bonds is 6. The molecular formula is C29H36FN3O3S. The number of nitrogens with one attached hydrogen (secondary N) is 1. The maximum Gasteiger partial charge on any atom is 0.261 e. The zero-order valence-corrected chi connectivity index (χ0v) is 22.6. The van der Waals surface area contributed by atoms with Crippen molar-refractivity contribution in [3.05, 3.63) is 60.0 Å². The van der Waals surface area contributed by atoms with Gasteiger partial charge in [0.15, 0.2) is 0 Å². The van der Waals surface area contributed by atoms with Gasteiger partial charge in [-0.25, -0.2) is 12.8 Å². The molecule has 37 heavy (non-hydrogen) atoms. The molecule has 1 aromatic heterocycles. The number of carbonyl (C=O) groups excluding carboxylic acids is 1. The van der Waals surface area contributed by atoms with Crippen molar-refractivity contribution in [3.8, 4) is 0 Å². The summed E-state index contributed by atoms with van der Waals surface area (Å²) in [6, 6.07) is 10.4. The molecule has 1 aliphatic carbocycles. The van der Waals surface area contributed by atoms with Gasteiger partial charge >= 0.3 is 0 Å². The van der Waals surface area contributed by atoms with E-state index in [0.717, 1.165) is 42.5 Å². The van der Waals surface area contributed by atoms with Gasteiger partial charge in [-0.2, -0.15) is 0 Å². The normalized spacial score (nSPS) is 21.9. The Balaban J connectivity index is 1.36. The van der Waals surface area contributed by atoms with Crippen LogP contribution < -0.4 is 4.72 Å². The molecule has 5 rings (SSSR count). The highest BCUT2D eigenvalue weighted by molar-refractivity contribution is 7.92. The quantitative estimate of drug-likeness (QED) is 0.436. The molecular weight excluding hydrogens is 489 g/mol. The first-order chi connectivity index (χ1) is 17.6. The van der Waals surface area contributed by atoms with E-state index in [-0.39, 0.29) is 16.7 Å². The summed E-state index contributed by atoms with van der Waals surface area (Å²) < 4.78 is 43.7. The standard InChI is InChI=1S/C29H36FN3O3S/c1-19-17-33(29(34)20(2)21-6-4-5-7-21)15-14-25(19)27-18-32(3)28-13-10-23(16-26(27)28)31-37(35,36)24-11-8-22(30)9-12-24/h8-13,16,18-21,25,31H,4-7,14-15,17H2,1-3H3/t19-,20?,25+/m0/s1. The fraction of sp³-hybridized carbons (Fsp3) is 0.483. The third-order valence-corrected chi connectivity index (χ3v) is 9.91. The first kappa shape index (κ1) is 25.8. The van der Waals surface area contributed by atoms with Crippen LogP contribution in [0.25, 0.3) is 10.9 Å². The zero-order chi connectivity index (χ0) is 26.3. The average Bonchev–Trinajstić information content (AvgIpc) is 3.52. The van der Waals surface area contributed by atoms with E-state index >= 15 is 0 Å². The summed E-state index contributed by atoms with van der Waals surface area (Å²) in [6.45, 7) is 5.81. The number of nitrogens with zero attached hydrogens (tertiary/aromatic N) is 2. The molecule has 0 bridgehead atoms. The monoisotopic (exact) mass is 525 g/mol. The fourth-order valence-corrected chi connectivity index (χ4v) is 7.41. The first-order valence-electron chi connectivity index (χ1n) is 13.3. The lowest BCUT2D eigenvalue weighted by molar-refractivity contribution is -0.138. The summed E-state index contributed by atoms with van der Waals surface area (Å²) in [7, 11) is -1.84. The maximum atomic E-state index is 13.3. The van der Waals surface area contributed by atoms with E-state index in [0.29, 0.717) is 23.4 Å². The Morgan fingerprint density at radius 3 is 2.46 bits per heavy atom. The van der Waals surface area contributed by atoms with Gasteiger partial charge in [0.1, 0.15) is 5.82 Å². The summed E-state index contributed by atoms with van der Waals surface area (Å²) in [5, 5.41) is 1.01. The third-order valence-electron chi connectivity index (χ3n) is 8.51. The van der Waals surface area contributed by atoms with Gasteiger partial charge in [0.2, 0.25) is 5.91 Å². The van der Waals surface area contributed by atoms with Gasteiger partial charge in [0.25, 0.3) is 10.0 Å². The molecule has 0 radical (unpaired) electrons. The van der Waals surface area contributed by atoms with E-state index < -0.39 is 15.8 Å². The number of hydrogen-bond donors (Lipinski definition) is 1. The molecule has 1 N–H and O–H groups in total. The summed E-state index contributed by atoms with van der Waals surface area (Å²) in [5.74, 6) is 1.00. The molecule has 2 aliphatic rings. The molecule has 1 amide bonds. The lowest BCUT2D eigenvalue weighted by Crippen LogP contribution is -2.45. The molecule has 3 aromatic rings. The number of aromatic nitrogens is 1. The van der Waals surface area contributed by atoms with Crippen LogP contribution in [0.1, 0.15) is 57.4 Å². The van der Waals surface area contributed by atoms with E-state index in [9.17, 15) is 17.6 Å². The molecule has 198 valence electrons. The van der Waals surface area contributed by atoms with Gasteiger partial charge in [-0.15, -0.1) is 0 Å². The number of amides is 1. The maximum absolute atomic E-state index is 13.3. The van der Waals surface area contributed by atoms with Crippen LogP contribution in [0.4, 0.5) is 10.1 Å². The number of sulfonamides is 1. The first-order valence-corrected chi connectivity index (χ1v) is 14.8. The average molecular weight is 526 g/mol. The van der Waals surface area contributed by atoms with Crippen LogP contribution in [0.5, 0.6) is 0 Å². The summed E-state index contributed by atoms with van der Waals surface area (Å²) >= 11 is 0. The smallest absolute Gasteiger partial charge is 0.261 e. The minimum atomic E-state index is -3.84. The minimum absolute atomic E-state index is 0.0137. The van der Waals surface area contributed by atoms with Crippen LogP contribution in [0, 0.1) is 23.6 Å². The van der Waals surface area contributed by atoms with Crippen LogP contribution in [-0.4, -0.2) is 36.9 Å². The SMILES string of the molecule is CC(C(=O)N1CC[C@@H](c2cn(C)c3ccc(NS(=O)(=O)c4ccc(F)cc4)cc23)[C@@H](C)C1)C1CCCC1. The highest BCUT2D eigenvalue weighted by atomic mass is 32.2. The van der Waals surface area contributed by atoms with Crippen LogP contribution in [0.3, 0.4) is 0 Å². The predicted octanol–water partition coefficient (Wildman–Crippen LogP) is 5.90. The highest BCUT2D eigenvalue weighted by Crippen LogP contribution is 2.40. The largest absolute Gasteiger partial charge is 0.350 e. The number of piperidine rings is 1. The molecule has 6 nitrogen and oxygen atoms in total. The Hall–Kier alpha value is -2.87. The lowest BCUT2D eigenvalue weighted by Gasteiger charge is -2.39. The van der Waals surface area contributed by atoms with Crippen LogP contribution >= 0.6 is 0 Å². The number of carbonyl (C=O) groups is 1. The van der Waals surface area contributed by atoms with Crippen molar-refractivity contribution < 1.29 is 17.6 Å². The van der Waals surface area contributed by atoms with Gasteiger partial charge in [-0.3, -0.25) is 9.52 Å². The molecule has 0 spiro atoms. The number of halogens is 1. The molecule has 3 atom stereocenters. The Morgan fingerprint density at radius 1 is 1.08 bits per heavy atom. The summed E-state index contributed by atoms with van der Waals surface area (Å²) in [6.07, 6.45) is 7.84. The number of hydrogen-bond acceptors (Lipinski definition) is 3. The minimum Gasteiger partial charge on any atom is -0.350 e. The molecule has 1 saturated carbocycles. The zero-order valence-electron chi connectivity index (χ0n) is 21.8. The topological polar surface area (TPSA) is 71.4 Å². The molecule has 1 unspecified atom stereocenters. The highest BCUT2D eigenvalue weighted by Gasteiger charge is 2.35. The van der Waals surface area contributed by atoms with Gasteiger partial charge in [0, 0.05) is 48.8 Å². The van der Waals surface area contributed by atoms with E-state index in [4.69, 9.17) is 0 Å². The lowest BCUT2D eigenvalue weighted by atomic mass is 9.80. The number of fused-ring (bicyclic) bond motifs is 1. The van der Waals surface area contributed by atoms with Crippen LogP contribution in [0.2, 0.25) is 0 Å². The van der Waals surface area contributed by atoms with E-state index in [2.05, 4.69) is 34.2 Å². The van der Waals surface area contributed by atoms with Crippen LogP contribution in [0.15, 0.2) is 53.6 Å². The van der Waals surface area contributed by atoms with Gasteiger partial charge in [-0.1, -0.05) is 26.7 Å². The van der Waals surface area contributed by atoms with Gasteiger partial charge in [-0.05, 0) is 85.0 Å². The van der Waals surface area contributed by atoms with Crippen molar-refractivity contribution in [2.45, 2.75) is 56.8 Å². The Bertz CT molecular complexity index is 1390. The fourth-order valence-electron chi connectivity index (χ4n) is 6.36. The van der Waals surface area contributed by atoms with Crippen molar-refractivity contribution in [2.75, 3.05) is 17.8 Å². The number of likely N-dealkylation sites (tertiary alicyclic amines) is 1. The molecule has 2 aromatic carbocycles. The second-order valence-corrected chi connectivity index (χ2v) is 12.7. The number of benzene rings is 2. The second kappa shape index (κ2) is 10.1. The van der Waals surface area contributed by atoms with Crippen molar-refractivity contribution >= 4 is 32.5 Å². The van der Waals surface area contributed by atoms with Crippen LogP contribution in [-0.2, 0) is 21.9 Å². The molecule has 1 saturated heterocycles. The molecule has 8 heteroatoms. The second-order valence-electron chi connectivity index (χ2n) is 11.0. The number of aryl methyl sites for hydroxylation is 1. The van der Waals surface area contributed by atoms with Gasteiger partial charge in [0.05, 0.1) is 4.90 Å². The van der Waals surface area contributed by atoms with Gasteiger partial charge < -0.3 is 9.47 Å². The van der Waals surface area contributed by atoms with Crippen molar-refractivity contribution in [1.29, 1.82) is 0 Å². The van der Waals surface area contributed by atoms with E-state index in [1.807, 2.05) is 19.2 Å². The molecule has 2 heterocycles. The van der Waals surface area contributed by atoms with Crippen molar-refractivity contribution in [2.24, 2.45) is 24.8 Å². The molecule has 1 aliphatic heterocycles. The summed E-state index contributed by atoms with van der Waals surface area (Å²) in [5.41, 5.74) is 2.68. The van der Waals surface area contributed by atoms with Crippen molar-refractivity contribution in [1.82, 2.24) is 9.47 Å². The third kappa shape index (κ3) is 5.13. The summed E-state index contributed by atoms with van der Waals surface area (Å²) in [4.78, 5) is 15.3. The number of anilines is 1. The van der Waals surface area contributed by atoms with Crippen molar-refractivity contribution in [3.63, 3.8) is 0 Å². The Labute approximate surface area is 218 Å². The van der Waals surface area contributed by atoms with E-state index in [1.165, 1.54) is 43.4 Å². The predicted molar refractivity (Wildman–Crippen MR) is 144 cm³/mol. The van der Waals surface area contributed by atoms with E-state index in [1.54, 1.807) is 6.07 Å². The Morgan fingerprint density at radius 2 is 1.78 bits per heavy atom. The molecule has 2 fully saturated rings.